The molecule has 1 fully saturated rings. The minimum atomic E-state index is 0.0354. The summed E-state index contributed by atoms with van der Waals surface area (Å²) in [5.74, 6) is 1.90. The molecule has 4 rings (SSSR count). The fourth-order valence-electron chi connectivity index (χ4n) is 4.00. The Hall–Kier alpha value is -3.41. The minimum Gasteiger partial charge on any atom is -0.494 e. The number of rotatable bonds is 8. The second-order valence-corrected chi connectivity index (χ2v) is 8.61. The Morgan fingerprint density at radius 3 is 2.36 bits per heavy atom. The summed E-state index contributed by atoms with van der Waals surface area (Å²) >= 11 is 0. The van der Waals surface area contributed by atoms with Crippen molar-refractivity contribution in [3.63, 3.8) is 0 Å². The zero-order valence-electron chi connectivity index (χ0n) is 19.5. The fourth-order valence-corrected chi connectivity index (χ4v) is 4.00. The summed E-state index contributed by atoms with van der Waals surface area (Å²) in [5.41, 5.74) is 4.25. The third-order valence-corrected chi connectivity index (χ3v) is 6.05. The molecule has 0 radical (unpaired) electrons. The Bertz CT molecular complexity index is 1030. The van der Waals surface area contributed by atoms with E-state index in [9.17, 15) is 4.79 Å². The molecule has 0 aliphatic carbocycles. The van der Waals surface area contributed by atoms with Crippen molar-refractivity contribution in [1.29, 1.82) is 0 Å². The van der Waals surface area contributed by atoms with Crippen molar-refractivity contribution < 1.29 is 9.53 Å². The highest BCUT2D eigenvalue weighted by Crippen LogP contribution is 2.24. The van der Waals surface area contributed by atoms with Crippen LogP contribution in [-0.4, -0.2) is 35.8 Å². The number of aryl methyl sites for hydroxylation is 1. The molecule has 3 aromatic rings. The van der Waals surface area contributed by atoms with E-state index < -0.39 is 0 Å². The highest BCUT2D eigenvalue weighted by atomic mass is 16.5. The molecule has 0 unspecified atom stereocenters. The zero-order valence-corrected chi connectivity index (χ0v) is 19.5. The van der Waals surface area contributed by atoms with Crippen molar-refractivity contribution in [3.8, 4) is 17.0 Å². The van der Waals surface area contributed by atoms with Crippen LogP contribution in [0.15, 0.2) is 60.7 Å². The first kappa shape index (κ1) is 22.8. The number of carbonyl (C=O) groups excluding carboxylic acids is 1. The maximum Gasteiger partial charge on any atom is 0.223 e. The molecule has 0 atom stereocenters. The van der Waals surface area contributed by atoms with Gasteiger partial charge in [0, 0.05) is 31.1 Å². The summed E-state index contributed by atoms with van der Waals surface area (Å²) in [6.45, 7) is 7.03. The number of anilines is 1. The molecule has 2 heterocycles. The van der Waals surface area contributed by atoms with Crippen LogP contribution in [0.3, 0.4) is 0 Å². The van der Waals surface area contributed by atoms with Gasteiger partial charge in [0.1, 0.15) is 5.75 Å². The number of nitrogens with zero attached hydrogens (tertiary/aromatic N) is 3. The topological polar surface area (TPSA) is 67.3 Å². The minimum absolute atomic E-state index is 0.0354. The van der Waals surface area contributed by atoms with Gasteiger partial charge in [0.2, 0.25) is 5.91 Å². The molecule has 1 aromatic heterocycles. The number of ether oxygens (including phenoxy) is 1. The molecular formula is C27H32N4O2. The van der Waals surface area contributed by atoms with Crippen LogP contribution < -0.4 is 15.0 Å². The maximum atomic E-state index is 12.7. The van der Waals surface area contributed by atoms with Gasteiger partial charge in [-0.1, -0.05) is 48.9 Å². The molecule has 1 aliphatic heterocycles. The Balaban J connectivity index is 1.24. The van der Waals surface area contributed by atoms with E-state index in [1.807, 2.05) is 36.4 Å². The van der Waals surface area contributed by atoms with Crippen LogP contribution >= 0.6 is 0 Å². The van der Waals surface area contributed by atoms with Gasteiger partial charge in [-0.25, -0.2) is 0 Å². The van der Waals surface area contributed by atoms with E-state index in [0.717, 1.165) is 67.3 Å². The average Bonchev–Trinajstić information content (AvgIpc) is 2.87. The molecule has 172 valence electrons. The van der Waals surface area contributed by atoms with E-state index in [1.54, 1.807) is 0 Å². The molecule has 6 nitrogen and oxygen atoms in total. The lowest BCUT2D eigenvalue weighted by molar-refractivity contribution is -0.125. The van der Waals surface area contributed by atoms with E-state index in [0.29, 0.717) is 6.54 Å². The Morgan fingerprint density at radius 2 is 1.73 bits per heavy atom. The number of benzene rings is 2. The second-order valence-electron chi connectivity index (χ2n) is 8.61. The number of nitrogens with one attached hydrogen (secondary N) is 1. The first-order chi connectivity index (χ1) is 16.1. The van der Waals surface area contributed by atoms with Gasteiger partial charge in [0.25, 0.3) is 0 Å². The van der Waals surface area contributed by atoms with Crippen molar-refractivity contribution in [1.82, 2.24) is 15.5 Å². The molecule has 0 bridgehead atoms. The van der Waals surface area contributed by atoms with E-state index >= 15 is 0 Å². The molecule has 33 heavy (non-hydrogen) atoms. The van der Waals surface area contributed by atoms with Gasteiger partial charge in [0.05, 0.1) is 12.3 Å². The maximum absolute atomic E-state index is 12.7. The molecule has 1 amide bonds. The monoisotopic (exact) mass is 444 g/mol. The fraction of sp³-hybridized carbons (Fsp3) is 0.370. The molecule has 0 spiro atoms. The average molecular weight is 445 g/mol. The lowest BCUT2D eigenvalue weighted by Gasteiger charge is -2.31. The highest BCUT2D eigenvalue weighted by molar-refractivity contribution is 5.79. The quantitative estimate of drug-likeness (QED) is 0.542. The predicted octanol–water partition coefficient (Wildman–Crippen LogP) is 4.77. The van der Waals surface area contributed by atoms with Crippen molar-refractivity contribution in [2.45, 2.75) is 39.7 Å². The van der Waals surface area contributed by atoms with Crippen LogP contribution in [-0.2, 0) is 11.3 Å². The van der Waals surface area contributed by atoms with Gasteiger partial charge in [-0.3, -0.25) is 4.79 Å². The van der Waals surface area contributed by atoms with Gasteiger partial charge in [-0.15, -0.1) is 10.2 Å². The SMILES string of the molecule is CCCOc1ccc(CNC(=O)C2CCN(c3ccc(-c4ccc(C)cc4)nn3)CC2)cc1. The predicted molar refractivity (Wildman–Crippen MR) is 131 cm³/mol. The van der Waals surface area contributed by atoms with Gasteiger partial charge in [-0.2, -0.15) is 0 Å². The summed E-state index contributed by atoms with van der Waals surface area (Å²) in [4.78, 5) is 14.9. The molecule has 2 aromatic carbocycles. The summed E-state index contributed by atoms with van der Waals surface area (Å²) < 4.78 is 5.61. The summed E-state index contributed by atoms with van der Waals surface area (Å²) in [6, 6.07) is 20.3. The number of hydrogen-bond donors (Lipinski definition) is 1. The zero-order chi connectivity index (χ0) is 23.0. The molecular weight excluding hydrogens is 412 g/mol. The van der Waals surface area contributed by atoms with Crippen LogP contribution in [0.5, 0.6) is 5.75 Å². The first-order valence-corrected chi connectivity index (χ1v) is 11.8. The van der Waals surface area contributed by atoms with Crippen LogP contribution in [0.4, 0.5) is 5.82 Å². The van der Waals surface area contributed by atoms with Crippen LogP contribution in [0.1, 0.15) is 37.3 Å². The summed E-state index contributed by atoms with van der Waals surface area (Å²) in [7, 11) is 0. The van der Waals surface area contributed by atoms with E-state index in [1.165, 1.54) is 5.56 Å². The summed E-state index contributed by atoms with van der Waals surface area (Å²) in [5, 5.41) is 11.9. The van der Waals surface area contributed by atoms with Crippen LogP contribution in [0.25, 0.3) is 11.3 Å². The Kier molecular flexibility index (Phi) is 7.55. The lowest BCUT2D eigenvalue weighted by Crippen LogP contribution is -2.40. The Labute approximate surface area is 196 Å². The standard InChI is InChI=1S/C27H32N4O2/c1-3-18-33-24-10-6-21(7-11-24)19-28-27(32)23-14-16-31(17-15-23)26-13-12-25(29-30-26)22-8-4-20(2)5-9-22/h4-13,23H,3,14-19H2,1-2H3,(H,28,32). The van der Waals surface area contributed by atoms with Crippen molar-refractivity contribution in [2.24, 2.45) is 5.92 Å². The third-order valence-electron chi connectivity index (χ3n) is 6.05. The third kappa shape index (κ3) is 6.09. The molecule has 0 saturated carbocycles. The number of hydrogen-bond acceptors (Lipinski definition) is 5. The Morgan fingerprint density at radius 1 is 1.00 bits per heavy atom. The molecule has 1 saturated heterocycles. The number of amides is 1. The second kappa shape index (κ2) is 10.9. The van der Waals surface area contributed by atoms with Crippen LogP contribution in [0, 0.1) is 12.8 Å². The van der Waals surface area contributed by atoms with E-state index in [-0.39, 0.29) is 11.8 Å². The van der Waals surface area contributed by atoms with E-state index in [4.69, 9.17) is 4.74 Å². The summed E-state index contributed by atoms with van der Waals surface area (Å²) in [6.07, 6.45) is 2.62. The van der Waals surface area contributed by atoms with E-state index in [2.05, 4.69) is 58.5 Å². The molecule has 1 N–H and O–H groups in total. The van der Waals surface area contributed by atoms with Crippen LogP contribution in [0.2, 0.25) is 0 Å². The molecule has 6 heteroatoms. The smallest absolute Gasteiger partial charge is 0.223 e. The number of carbonyl (C=O) groups is 1. The molecule has 1 aliphatic rings. The van der Waals surface area contributed by atoms with Crippen molar-refractivity contribution >= 4 is 11.7 Å². The normalized spacial score (nSPS) is 14.2. The van der Waals surface area contributed by atoms with Gasteiger partial charge in [0.15, 0.2) is 5.82 Å². The van der Waals surface area contributed by atoms with Crippen molar-refractivity contribution in [3.05, 3.63) is 71.8 Å². The van der Waals surface area contributed by atoms with Crippen molar-refractivity contribution in [2.75, 3.05) is 24.6 Å². The van der Waals surface area contributed by atoms with Gasteiger partial charge in [-0.05, 0) is 56.0 Å². The first-order valence-electron chi connectivity index (χ1n) is 11.8. The largest absolute Gasteiger partial charge is 0.494 e. The number of aromatic nitrogens is 2. The van der Waals surface area contributed by atoms with Gasteiger partial charge < -0.3 is 15.0 Å². The number of piperidine rings is 1. The highest BCUT2D eigenvalue weighted by Gasteiger charge is 2.25. The lowest BCUT2D eigenvalue weighted by atomic mass is 9.96. The van der Waals surface area contributed by atoms with Gasteiger partial charge >= 0.3 is 0 Å².